The first kappa shape index (κ1) is 15.5. The van der Waals surface area contributed by atoms with Gasteiger partial charge < -0.3 is 4.74 Å². The Kier molecular flexibility index (Phi) is 5.72. The standard InChI is InChI=1S/C17H23N3O/c1-3-14-5-4-12-19-17(14)16(20-18)11-8-13-6-9-15(21-2)10-7-13/h4-7,9-10,12,16,20H,3,8,11,18H2,1-2H3. The molecule has 0 aliphatic rings. The number of aryl methyl sites for hydroxylation is 2. The van der Waals surface area contributed by atoms with E-state index in [9.17, 15) is 0 Å². The molecule has 0 aliphatic heterocycles. The van der Waals surface area contributed by atoms with Gasteiger partial charge in [-0.05, 0) is 48.6 Å². The number of pyridine rings is 1. The predicted molar refractivity (Wildman–Crippen MR) is 85.0 cm³/mol. The van der Waals surface area contributed by atoms with Gasteiger partial charge in [0.2, 0.25) is 0 Å². The lowest BCUT2D eigenvalue weighted by Crippen LogP contribution is -2.30. The maximum atomic E-state index is 5.73. The van der Waals surface area contributed by atoms with Crippen LogP contribution >= 0.6 is 0 Å². The minimum atomic E-state index is 0.0725. The molecule has 0 aliphatic carbocycles. The fourth-order valence-corrected chi connectivity index (χ4v) is 2.47. The number of rotatable bonds is 7. The summed E-state index contributed by atoms with van der Waals surface area (Å²) in [6.07, 6.45) is 4.64. The van der Waals surface area contributed by atoms with E-state index < -0.39 is 0 Å². The maximum Gasteiger partial charge on any atom is 0.118 e. The van der Waals surface area contributed by atoms with Crippen LogP contribution in [-0.4, -0.2) is 12.1 Å². The molecule has 0 fully saturated rings. The van der Waals surface area contributed by atoms with Crippen molar-refractivity contribution in [2.75, 3.05) is 7.11 Å². The number of aromatic nitrogens is 1. The summed E-state index contributed by atoms with van der Waals surface area (Å²) in [5.74, 6) is 6.61. The number of hydrazine groups is 1. The number of hydrogen-bond acceptors (Lipinski definition) is 4. The second-order valence-corrected chi connectivity index (χ2v) is 5.01. The molecule has 0 amide bonds. The van der Waals surface area contributed by atoms with Gasteiger partial charge in [-0.2, -0.15) is 0 Å². The van der Waals surface area contributed by atoms with Gasteiger partial charge in [-0.1, -0.05) is 25.1 Å². The second kappa shape index (κ2) is 7.76. The molecule has 4 nitrogen and oxygen atoms in total. The number of benzene rings is 1. The number of nitrogens with one attached hydrogen (secondary N) is 1. The van der Waals surface area contributed by atoms with Crippen molar-refractivity contribution in [3.05, 3.63) is 59.4 Å². The van der Waals surface area contributed by atoms with Gasteiger partial charge in [0.1, 0.15) is 5.75 Å². The molecule has 1 atom stereocenters. The molecule has 1 heterocycles. The van der Waals surface area contributed by atoms with Crippen molar-refractivity contribution in [2.24, 2.45) is 5.84 Å². The predicted octanol–water partition coefficient (Wildman–Crippen LogP) is 2.79. The number of ether oxygens (including phenoxy) is 1. The van der Waals surface area contributed by atoms with Crippen LogP contribution in [0.25, 0.3) is 0 Å². The lowest BCUT2D eigenvalue weighted by Gasteiger charge is -2.18. The molecule has 2 rings (SSSR count). The zero-order valence-electron chi connectivity index (χ0n) is 12.7. The molecule has 21 heavy (non-hydrogen) atoms. The quantitative estimate of drug-likeness (QED) is 0.606. The molecule has 0 radical (unpaired) electrons. The Balaban J connectivity index is 2.05. The van der Waals surface area contributed by atoms with Crippen molar-refractivity contribution >= 4 is 0 Å². The summed E-state index contributed by atoms with van der Waals surface area (Å²) in [4.78, 5) is 4.50. The molecular formula is C17H23N3O. The van der Waals surface area contributed by atoms with Crippen molar-refractivity contribution in [1.29, 1.82) is 0 Å². The summed E-state index contributed by atoms with van der Waals surface area (Å²) in [6.45, 7) is 2.14. The average Bonchev–Trinajstić information content (AvgIpc) is 2.56. The normalized spacial score (nSPS) is 12.1. The second-order valence-electron chi connectivity index (χ2n) is 5.01. The van der Waals surface area contributed by atoms with Gasteiger partial charge in [-0.3, -0.25) is 16.3 Å². The van der Waals surface area contributed by atoms with Crippen LogP contribution < -0.4 is 16.0 Å². The number of methoxy groups -OCH3 is 1. The number of hydrogen-bond donors (Lipinski definition) is 2. The number of nitrogens with two attached hydrogens (primary N) is 1. The summed E-state index contributed by atoms with van der Waals surface area (Å²) >= 11 is 0. The van der Waals surface area contributed by atoms with Crippen LogP contribution in [0.5, 0.6) is 5.75 Å². The van der Waals surface area contributed by atoms with E-state index in [1.165, 1.54) is 11.1 Å². The van der Waals surface area contributed by atoms with E-state index in [2.05, 4.69) is 35.5 Å². The largest absolute Gasteiger partial charge is 0.497 e. The van der Waals surface area contributed by atoms with Crippen LogP contribution in [0.4, 0.5) is 0 Å². The van der Waals surface area contributed by atoms with E-state index in [4.69, 9.17) is 10.6 Å². The molecule has 1 aromatic carbocycles. The Labute approximate surface area is 126 Å². The van der Waals surface area contributed by atoms with Gasteiger partial charge in [-0.15, -0.1) is 0 Å². The molecule has 2 aromatic rings. The highest BCUT2D eigenvalue weighted by atomic mass is 16.5. The van der Waals surface area contributed by atoms with E-state index in [0.717, 1.165) is 30.7 Å². The van der Waals surface area contributed by atoms with Crippen LogP contribution in [-0.2, 0) is 12.8 Å². The molecule has 0 saturated heterocycles. The monoisotopic (exact) mass is 285 g/mol. The first-order valence-electron chi connectivity index (χ1n) is 7.31. The van der Waals surface area contributed by atoms with Crippen molar-refractivity contribution in [2.45, 2.75) is 32.2 Å². The summed E-state index contributed by atoms with van der Waals surface area (Å²) in [6, 6.07) is 12.3. The van der Waals surface area contributed by atoms with E-state index in [1.54, 1.807) is 7.11 Å². The summed E-state index contributed by atoms with van der Waals surface area (Å²) < 4.78 is 5.17. The molecule has 4 heteroatoms. The molecule has 1 aromatic heterocycles. The molecule has 112 valence electrons. The molecular weight excluding hydrogens is 262 g/mol. The van der Waals surface area contributed by atoms with E-state index >= 15 is 0 Å². The third-order valence-electron chi connectivity index (χ3n) is 3.72. The van der Waals surface area contributed by atoms with Crippen LogP contribution in [0.3, 0.4) is 0 Å². The minimum Gasteiger partial charge on any atom is -0.497 e. The highest BCUT2D eigenvalue weighted by Crippen LogP contribution is 2.21. The van der Waals surface area contributed by atoms with Crippen molar-refractivity contribution < 1.29 is 4.74 Å². The van der Waals surface area contributed by atoms with E-state index in [0.29, 0.717) is 0 Å². The molecule has 0 bridgehead atoms. The molecule has 0 saturated carbocycles. The zero-order chi connectivity index (χ0) is 15.1. The Hall–Kier alpha value is -1.91. The van der Waals surface area contributed by atoms with Gasteiger partial charge in [0.25, 0.3) is 0 Å². The first-order chi connectivity index (χ1) is 10.3. The molecule has 1 unspecified atom stereocenters. The fourth-order valence-electron chi connectivity index (χ4n) is 2.47. The van der Waals surface area contributed by atoms with Crippen LogP contribution in [0.2, 0.25) is 0 Å². The smallest absolute Gasteiger partial charge is 0.118 e. The van der Waals surface area contributed by atoms with Gasteiger partial charge in [0.15, 0.2) is 0 Å². The van der Waals surface area contributed by atoms with Crippen LogP contribution in [0, 0.1) is 0 Å². The van der Waals surface area contributed by atoms with Crippen LogP contribution in [0.15, 0.2) is 42.6 Å². The minimum absolute atomic E-state index is 0.0725. The van der Waals surface area contributed by atoms with Gasteiger partial charge in [0.05, 0.1) is 18.8 Å². The SMILES string of the molecule is CCc1cccnc1C(CCc1ccc(OC)cc1)NN. The van der Waals surface area contributed by atoms with Gasteiger partial charge in [-0.25, -0.2) is 0 Å². The van der Waals surface area contributed by atoms with Crippen molar-refractivity contribution in [3.63, 3.8) is 0 Å². The fraction of sp³-hybridized carbons (Fsp3) is 0.353. The highest BCUT2D eigenvalue weighted by molar-refractivity contribution is 5.28. The first-order valence-corrected chi connectivity index (χ1v) is 7.31. The third kappa shape index (κ3) is 4.03. The molecule has 3 N–H and O–H groups in total. The Bertz CT molecular complexity index is 554. The zero-order valence-corrected chi connectivity index (χ0v) is 12.7. The summed E-state index contributed by atoms with van der Waals surface area (Å²) in [5.41, 5.74) is 6.46. The lowest BCUT2D eigenvalue weighted by atomic mass is 9.99. The molecule has 0 spiro atoms. The van der Waals surface area contributed by atoms with E-state index in [-0.39, 0.29) is 6.04 Å². The summed E-state index contributed by atoms with van der Waals surface area (Å²) in [5, 5.41) is 0. The number of nitrogens with zero attached hydrogens (tertiary/aromatic N) is 1. The van der Waals surface area contributed by atoms with E-state index in [1.807, 2.05) is 24.4 Å². The Morgan fingerprint density at radius 3 is 2.62 bits per heavy atom. The summed E-state index contributed by atoms with van der Waals surface area (Å²) in [7, 11) is 1.68. The topological polar surface area (TPSA) is 60.2 Å². The third-order valence-corrected chi connectivity index (χ3v) is 3.72. The van der Waals surface area contributed by atoms with Crippen molar-refractivity contribution in [1.82, 2.24) is 10.4 Å². The van der Waals surface area contributed by atoms with Crippen molar-refractivity contribution in [3.8, 4) is 5.75 Å². The van der Waals surface area contributed by atoms with Gasteiger partial charge in [0, 0.05) is 6.20 Å². The Morgan fingerprint density at radius 1 is 1.24 bits per heavy atom. The highest BCUT2D eigenvalue weighted by Gasteiger charge is 2.14. The maximum absolute atomic E-state index is 5.73. The average molecular weight is 285 g/mol. The van der Waals surface area contributed by atoms with Gasteiger partial charge >= 0.3 is 0 Å². The lowest BCUT2D eigenvalue weighted by molar-refractivity contribution is 0.414. The van der Waals surface area contributed by atoms with Crippen LogP contribution in [0.1, 0.15) is 36.2 Å². The Morgan fingerprint density at radius 2 is 2.00 bits per heavy atom.